The molecule has 0 fully saturated rings. The van der Waals surface area contributed by atoms with E-state index in [1.54, 1.807) is 0 Å². The Hall–Kier alpha value is -0.570. The smallest absolute Gasteiger partial charge is 0.323 e. The maximum Gasteiger partial charge on any atom is 0.323 e. The molecular weight excluding hydrogens is 130 g/mol. The van der Waals surface area contributed by atoms with Gasteiger partial charge >= 0.3 is 5.97 Å². The molecule has 0 aliphatic rings. The van der Waals surface area contributed by atoms with E-state index in [4.69, 9.17) is 0 Å². The first-order chi connectivity index (χ1) is 4.63. The molecule has 0 spiro atoms. The van der Waals surface area contributed by atoms with Crippen LogP contribution in [0.2, 0.25) is 0 Å². The van der Waals surface area contributed by atoms with Crippen molar-refractivity contribution >= 4 is 5.97 Å². The maximum atomic E-state index is 10.9. The number of ether oxygens (including phenoxy) is 1. The zero-order valence-corrected chi connectivity index (χ0v) is 7.05. The average molecular weight is 145 g/mol. The molecule has 0 aliphatic carbocycles. The highest BCUT2D eigenvalue weighted by atomic mass is 16.5. The molecule has 1 atom stereocenters. The van der Waals surface area contributed by atoms with E-state index < -0.39 is 0 Å². The van der Waals surface area contributed by atoms with Gasteiger partial charge in [-0.1, -0.05) is 6.92 Å². The Morgan fingerprint density at radius 3 is 2.20 bits per heavy atom. The van der Waals surface area contributed by atoms with Crippen LogP contribution < -0.4 is 0 Å². The van der Waals surface area contributed by atoms with Gasteiger partial charge in [-0.15, -0.1) is 0 Å². The van der Waals surface area contributed by atoms with Gasteiger partial charge in [-0.2, -0.15) is 0 Å². The minimum Gasteiger partial charge on any atom is -0.468 e. The Morgan fingerprint density at radius 2 is 2.10 bits per heavy atom. The second-order valence-electron chi connectivity index (χ2n) is 2.41. The summed E-state index contributed by atoms with van der Waals surface area (Å²) >= 11 is 0. The number of hydrogen-bond donors (Lipinski definition) is 0. The second kappa shape index (κ2) is 4.28. The maximum absolute atomic E-state index is 10.9. The second-order valence-corrected chi connectivity index (χ2v) is 2.41. The summed E-state index contributed by atoms with van der Waals surface area (Å²) in [6.45, 7) is 1.96. The van der Waals surface area contributed by atoms with Gasteiger partial charge in [-0.3, -0.25) is 9.69 Å². The third kappa shape index (κ3) is 2.35. The molecule has 0 aromatic rings. The van der Waals surface area contributed by atoms with E-state index in [-0.39, 0.29) is 12.0 Å². The summed E-state index contributed by atoms with van der Waals surface area (Å²) in [5.41, 5.74) is 0. The zero-order chi connectivity index (χ0) is 8.15. The molecule has 0 radical (unpaired) electrons. The molecule has 0 saturated carbocycles. The Labute approximate surface area is 62.0 Å². The van der Waals surface area contributed by atoms with E-state index in [2.05, 4.69) is 4.74 Å². The van der Waals surface area contributed by atoms with Gasteiger partial charge in [-0.05, 0) is 20.5 Å². The molecule has 0 aliphatic heterocycles. The lowest BCUT2D eigenvalue weighted by molar-refractivity contribution is -0.146. The minimum atomic E-state index is -0.160. The first-order valence-electron chi connectivity index (χ1n) is 3.37. The highest BCUT2D eigenvalue weighted by molar-refractivity contribution is 5.75. The lowest BCUT2D eigenvalue weighted by atomic mass is 10.2. The van der Waals surface area contributed by atoms with Crippen molar-refractivity contribution in [1.82, 2.24) is 4.90 Å². The fourth-order valence-corrected chi connectivity index (χ4v) is 0.879. The topological polar surface area (TPSA) is 29.5 Å². The molecule has 0 heterocycles. The lowest BCUT2D eigenvalue weighted by Crippen LogP contribution is -2.35. The van der Waals surface area contributed by atoms with Crippen molar-refractivity contribution in [3.8, 4) is 0 Å². The number of carbonyl (C=O) groups is 1. The largest absolute Gasteiger partial charge is 0.468 e. The van der Waals surface area contributed by atoms with E-state index in [1.165, 1.54) is 7.11 Å². The van der Waals surface area contributed by atoms with Crippen LogP contribution >= 0.6 is 0 Å². The molecule has 0 aromatic carbocycles. The predicted molar refractivity (Wildman–Crippen MR) is 39.8 cm³/mol. The Bertz CT molecular complexity index is 112. The van der Waals surface area contributed by atoms with Crippen molar-refractivity contribution in [2.75, 3.05) is 21.2 Å². The monoisotopic (exact) mass is 145 g/mol. The van der Waals surface area contributed by atoms with Gasteiger partial charge in [-0.25, -0.2) is 0 Å². The number of methoxy groups -OCH3 is 1. The fraction of sp³-hybridized carbons (Fsp3) is 0.857. The van der Waals surface area contributed by atoms with Crippen LogP contribution in [-0.4, -0.2) is 38.1 Å². The van der Waals surface area contributed by atoms with Crippen LogP contribution in [-0.2, 0) is 9.53 Å². The highest BCUT2D eigenvalue weighted by Crippen LogP contribution is 1.99. The van der Waals surface area contributed by atoms with E-state index in [1.807, 2.05) is 25.9 Å². The number of carbonyl (C=O) groups excluding carboxylic acids is 1. The van der Waals surface area contributed by atoms with Gasteiger partial charge in [0.05, 0.1) is 7.11 Å². The SMILES string of the molecule is CCC(C(=O)OC)N(C)C. The minimum absolute atomic E-state index is 0.0926. The van der Waals surface area contributed by atoms with E-state index in [0.29, 0.717) is 0 Å². The predicted octanol–water partition coefficient (Wildman–Crippen LogP) is 0.500. The van der Waals surface area contributed by atoms with Crippen molar-refractivity contribution in [2.45, 2.75) is 19.4 Å². The first-order valence-corrected chi connectivity index (χ1v) is 3.37. The quantitative estimate of drug-likeness (QED) is 0.542. The number of hydrogen-bond acceptors (Lipinski definition) is 3. The van der Waals surface area contributed by atoms with Crippen LogP contribution in [0.4, 0.5) is 0 Å². The third-order valence-corrected chi connectivity index (χ3v) is 1.48. The number of rotatable bonds is 3. The molecule has 3 nitrogen and oxygen atoms in total. The van der Waals surface area contributed by atoms with Crippen LogP contribution in [0.1, 0.15) is 13.3 Å². The van der Waals surface area contributed by atoms with Crippen molar-refractivity contribution in [3.05, 3.63) is 0 Å². The van der Waals surface area contributed by atoms with Gasteiger partial charge in [0.15, 0.2) is 0 Å². The Kier molecular flexibility index (Phi) is 4.03. The zero-order valence-electron chi connectivity index (χ0n) is 7.05. The molecule has 1 unspecified atom stereocenters. The molecule has 0 bridgehead atoms. The van der Waals surface area contributed by atoms with Gasteiger partial charge in [0.25, 0.3) is 0 Å². The first kappa shape index (κ1) is 9.43. The molecular formula is C7H15NO2. The summed E-state index contributed by atoms with van der Waals surface area (Å²) in [6, 6.07) is -0.0926. The summed E-state index contributed by atoms with van der Waals surface area (Å²) in [5, 5.41) is 0. The molecule has 0 amide bonds. The molecule has 0 N–H and O–H groups in total. The van der Waals surface area contributed by atoms with Crippen LogP contribution in [0, 0.1) is 0 Å². The summed E-state index contributed by atoms with van der Waals surface area (Å²) in [5.74, 6) is -0.160. The normalized spacial score (nSPS) is 13.3. The van der Waals surface area contributed by atoms with Gasteiger partial charge < -0.3 is 4.74 Å². The summed E-state index contributed by atoms with van der Waals surface area (Å²) in [6.07, 6.45) is 0.791. The summed E-state index contributed by atoms with van der Waals surface area (Å²) in [7, 11) is 5.14. The molecule has 3 heteroatoms. The van der Waals surface area contributed by atoms with E-state index >= 15 is 0 Å². The van der Waals surface area contributed by atoms with E-state index in [0.717, 1.165) is 6.42 Å². The van der Waals surface area contributed by atoms with Crippen molar-refractivity contribution < 1.29 is 9.53 Å². The van der Waals surface area contributed by atoms with Crippen LogP contribution in [0.5, 0.6) is 0 Å². The molecule has 10 heavy (non-hydrogen) atoms. The molecule has 0 saturated heterocycles. The highest BCUT2D eigenvalue weighted by Gasteiger charge is 2.18. The summed E-state index contributed by atoms with van der Waals surface area (Å²) < 4.78 is 4.58. The molecule has 0 aromatic heterocycles. The number of esters is 1. The third-order valence-electron chi connectivity index (χ3n) is 1.48. The fourth-order valence-electron chi connectivity index (χ4n) is 0.879. The molecule has 0 rings (SSSR count). The number of nitrogens with zero attached hydrogens (tertiary/aromatic N) is 1. The van der Waals surface area contributed by atoms with Crippen molar-refractivity contribution in [2.24, 2.45) is 0 Å². The van der Waals surface area contributed by atoms with Crippen LogP contribution in [0.3, 0.4) is 0 Å². The number of likely N-dealkylation sites (N-methyl/N-ethyl adjacent to an activating group) is 1. The standard InChI is InChI=1S/C7H15NO2/c1-5-6(8(2)3)7(9)10-4/h6H,5H2,1-4H3. The average Bonchev–Trinajstić information content (AvgIpc) is 1.88. The van der Waals surface area contributed by atoms with Crippen LogP contribution in [0.15, 0.2) is 0 Å². The van der Waals surface area contributed by atoms with E-state index in [9.17, 15) is 4.79 Å². The molecule has 60 valence electrons. The van der Waals surface area contributed by atoms with Gasteiger partial charge in [0.1, 0.15) is 6.04 Å². The Balaban J connectivity index is 3.93. The van der Waals surface area contributed by atoms with Crippen LogP contribution in [0.25, 0.3) is 0 Å². The Morgan fingerprint density at radius 1 is 1.60 bits per heavy atom. The lowest BCUT2D eigenvalue weighted by Gasteiger charge is -2.19. The summed E-state index contributed by atoms with van der Waals surface area (Å²) in [4.78, 5) is 12.8. The van der Waals surface area contributed by atoms with Gasteiger partial charge in [0, 0.05) is 0 Å². The van der Waals surface area contributed by atoms with Crippen molar-refractivity contribution in [1.29, 1.82) is 0 Å². The van der Waals surface area contributed by atoms with Crippen molar-refractivity contribution in [3.63, 3.8) is 0 Å². The van der Waals surface area contributed by atoms with Gasteiger partial charge in [0.2, 0.25) is 0 Å².